The van der Waals surface area contributed by atoms with Crippen molar-refractivity contribution in [3.63, 3.8) is 0 Å². The highest BCUT2D eigenvalue weighted by Gasteiger charge is 2.33. The number of carbonyl (C=O) groups is 1. The molecule has 1 fully saturated rings. The van der Waals surface area contributed by atoms with Crippen LogP contribution in [0.2, 0.25) is 0 Å². The maximum absolute atomic E-state index is 13.4. The van der Waals surface area contributed by atoms with Gasteiger partial charge in [0.15, 0.2) is 0 Å². The van der Waals surface area contributed by atoms with Crippen molar-refractivity contribution >= 4 is 21.6 Å². The minimum atomic E-state index is -3.73. The van der Waals surface area contributed by atoms with E-state index in [1.165, 1.54) is 28.1 Å². The average molecular weight is 418 g/mol. The lowest BCUT2D eigenvalue weighted by atomic mass is 10.1. The van der Waals surface area contributed by atoms with E-state index in [2.05, 4.69) is 6.07 Å². The number of para-hydroxylation sites is 1. The lowest BCUT2D eigenvalue weighted by Gasteiger charge is -2.34. The number of anilines is 1. The van der Waals surface area contributed by atoms with Gasteiger partial charge in [0.2, 0.25) is 15.9 Å². The van der Waals surface area contributed by atoms with Gasteiger partial charge in [-0.15, -0.1) is 0 Å². The second-order valence-electron chi connectivity index (χ2n) is 7.58. The Bertz CT molecular complexity index is 1020. The van der Waals surface area contributed by atoms with E-state index in [-0.39, 0.29) is 36.5 Å². The molecule has 0 saturated carbocycles. The minimum Gasteiger partial charge on any atom is -0.308 e. The van der Waals surface area contributed by atoms with E-state index >= 15 is 0 Å². The van der Waals surface area contributed by atoms with Crippen LogP contribution in [0.4, 0.5) is 10.1 Å². The van der Waals surface area contributed by atoms with Gasteiger partial charge in [0.25, 0.3) is 0 Å². The molecular formula is C21H24FN3O3S. The Labute approximate surface area is 170 Å². The second kappa shape index (κ2) is 7.85. The summed E-state index contributed by atoms with van der Waals surface area (Å²) in [6, 6.07) is 13.1. The molecule has 0 aromatic heterocycles. The Kier molecular flexibility index (Phi) is 5.42. The molecule has 154 valence electrons. The summed E-state index contributed by atoms with van der Waals surface area (Å²) in [7, 11) is -3.73. The molecule has 0 spiro atoms. The molecule has 0 bridgehead atoms. The SMILES string of the molecule is C[C@H]1Cc2ccccc2N1C(=O)CN1CCN(S(=O)(=O)c2cccc(F)c2)CC1. The fraction of sp³-hybridized carbons (Fsp3) is 0.381. The molecule has 29 heavy (non-hydrogen) atoms. The second-order valence-corrected chi connectivity index (χ2v) is 9.52. The topological polar surface area (TPSA) is 60.9 Å². The molecule has 2 aromatic rings. The predicted molar refractivity (Wildman–Crippen MR) is 109 cm³/mol. The molecule has 1 atom stereocenters. The minimum absolute atomic E-state index is 0.0314. The Morgan fingerprint density at radius 3 is 2.52 bits per heavy atom. The summed E-state index contributed by atoms with van der Waals surface area (Å²) < 4.78 is 40.2. The van der Waals surface area contributed by atoms with E-state index in [0.717, 1.165) is 18.2 Å². The smallest absolute Gasteiger partial charge is 0.243 e. The third kappa shape index (κ3) is 3.92. The van der Waals surface area contributed by atoms with Crippen molar-refractivity contribution in [2.75, 3.05) is 37.6 Å². The van der Waals surface area contributed by atoms with Crippen molar-refractivity contribution in [2.45, 2.75) is 24.3 Å². The Morgan fingerprint density at radius 2 is 1.79 bits per heavy atom. The molecule has 8 heteroatoms. The first-order valence-electron chi connectivity index (χ1n) is 9.74. The number of halogens is 1. The molecule has 1 amide bonds. The van der Waals surface area contributed by atoms with Crippen LogP contribution in [0.25, 0.3) is 0 Å². The van der Waals surface area contributed by atoms with Crippen molar-refractivity contribution in [1.29, 1.82) is 0 Å². The summed E-state index contributed by atoms with van der Waals surface area (Å²) in [5.41, 5.74) is 2.15. The summed E-state index contributed by atoms with van der Waals surface area (Å²) in [5.74, 6) is -0.542. The predicted octanol–water partition coefficient (Wildman–Crippen LogP) is 2.11. The molecule has 0 unspecified atom stereocenters. The van der Waals surface area contributed by atoms with Gasteiger partial charge >= 0.3 is 0 Å². The van der Waals surface area contributed by atoms with Crippen LogP contribution >= 0.6 is 0 Å². The Morgan fingerprint density at radius 1 is 1.07 bits per heavy atom. The monoisotopic (exact) mass is 417 g/mol. The molecule has 6 nitrogen and oxygen atoms in total. The zero-order valence-electron chi connectivity index (χ0n) is 16.3. The molecule has 0 N–H and O–H groups in total. The molecular weight excluding hydrogens is 393 g/mol. The summed E-state index contributed by atoms with van der Waals surface area (Å²) >= 11 is 0. The maximum atomic E-state index is 13.4. The highest BCUT2D eigenvalue weighted by molar-refractivity contribution is 7.89. The first-order valence-corrected chi connectivity index (χ1v) is 11.2. The molecule has 0 radical (unpaired) electrons. The number of fused-ring (bicyclic) bond motifs is 1. The van der Waals surface area contributed by atoms with Gasteiger partial charge in [-0.25, -0.2) is 12.8 Å². The molecule has 0 aliphatic carbocycles. The molecule has 2 aliphatic heterocycles. The van der Waals surface area contributed by atoms with Gasteiger partial charge in [-0.3, -0.25) is 9.69 Å². The van der Waals surface area contributed by atoms with Gasteiger partial charge in [-0.2, -0.15) is 4.31 Å². The highest BCUT2D eigenvalue weighted by Crippen LogP contribution is 2.32. The number of benzene rings is 2. The molecule has 4 rings (SSSR count). The summed E-state index contributed by atoms with van der Waals surface area (Å²) in [5, 5.41) is 0. The van der Waals surface area contributed by atoms with Crippen molar-refractivity contribution < 1.29 is 17.6 Å². The van der Waals surface area contributed by atoms with Crippen LogP contribution in [0.1, 0.15) is 12.5 Å². The number of nitrogens with zero attached hydrogens (tertiary/aromatic N) is 3. The quantitative estimate of drug-likeness (QED) is 0.765. The van der Waals surface area contributed by atoms with Gasteiger partial charge in [-0.05, 0) is 43.2 Å². The third-order valence-corrected chi connectivity index (χ3v) is 7.49. The van der Waals surface area contributed by atoms with E-state index in [1.54, 1.807) is 0 Å². The molecule has 2 aromatic carbocycles. The lowest BCUT2D eigenvalue weighted by Crippen LogP contribution is -2.52. The van der Waals surface area contributed by atoms with Crippen molar-refractivity contribution in [1.82, 2.24) is 9.21 Å². The number of piperazine rings is 1. The van der Waals surface area contributed by atoms with E-state index in [4.69, 9.17) is 0 Å². The van der Waals surface area contributed by atoms with Crippen LogP contribution in [0, 0.1) is 5.82 Å². The maximum Gasteiger partial charge on any atom is 0.243 e. The molecule has 2 aliphatic rings. The van der Waals surface area contributed by atoms with Crippen LogP contribution in [0.5, 0.6) is 0 Å². The van der Waals surface area contributed by atoms with Crippen LogP contribution in [-0.4, -0.2) is 62.3 Å². The molecule has 2 heterocycles. The van der Waals surface area contributed by atoms with Crippen molar-refractivity contribution in [3.8, 4) is 0 Å². The van der Waals surface area contributed by atoms with Gasteiger partial charge in [0.05, 0.1) is 11.4 Å². The van der Waals surface area contributed by atoms with E-state index in [9.17, 15) is 17.6 Å². The number of amides is 1. The standard InChI is InChI=1S/C21H24FN3O3S/c1-16-13-17-5-2-3-8-20(17)25(16)21(26)15-23-9-11-24(12-10-23)29(27,28)19-7-4-6-18(22)14-19/h2-8,14,16H,9-13,15H2,1H3/t16-/m0/s1. The van der Waals surface area contributed by atoms with Crippen molar-refractivity contribution in [3.05, 3.63) is 59.9 Å². The average Bonchev–Trinajstić information content (AvgIpc) is 3.04. The number of rotatable bonds is 4. The zero-order chi connectivity index (χ0) is 20.6. The van der Waals surface area contributed by atoms with Gasteiger partial charge < -0.3 is 4.90 Å². The highest BCUT2D eigenvalue weighted by atomic mass is 32.2. The number of sulfonamides is 1. The van der Waals surface area contributed by atoms with Crippen LogP contribution in [0.15, 0.2) is 53.4 Å². The summed E-state index contributed by atoms with van der Waals surface area (Å²) in [6.07, 6.45) is 0.849. The fourth-order valence-corrected chi connectivity index (χ4v) is 5.57. The lowest BCUT2D eigenvalue weighted by molar-refractivity contribution is -0.120. The Balaban J connectivity index is 1.39. The fourth-order valence-electron chi connectivity index (χ4n) is 4.12. The van der Waals surface area contributed by atoms with E-state index < -0.39 is 15.8 Å². The van der Waals surface area contributed by atoms with Crippen LogP contribution < -0.4 is 4.90 Å². The van der Waals surface area contributed by atoms with Gasteiger partial charge in [0, 0.05) is 37.9 Å². The number of carbonyl (C=O) groups excluding carboxylic acids is 1. The third-order valence-electron chi connectivity index (χ3n) is 5.60. The molecule has 1 saturated heterocycles. The Hall–Kier alpha value is -2.29. The van der Waals surface area contributed by atoms with Gasteiger partial charge in [-0.1, -0.05) is 24.3 Å². The first-order chi connectivity index (χ1) is 13.9. The number of hydrogen-bond acceptors (Lipinski definition) is 4. The van der Waals surface area contributed by atoms with E-state index in [0.29, 0.717) is 13.1 Å². The van der Waals surface area contributed by atoms with Gasteiger partial charge in [0.1, 0.15) is 5.82 Å². The van der Waals surface area contributed by atoms with Crippen molar-refractivity contribution in [2.24, 2.45) is 0 Å². The van der Waals surface area contributed by atoms with Crippen LogP contribution in [0.3, 0.4) is 0 Å². The first kappa shape index (κ1) is 20.0. The largest absolute Gasteiger partial charge is 0.308 e. The summed E-state index contributed by atoms with van der Waals surface area (Å²) in [6.45, 7) is 3.78. The number of hydrogen-bond donors (Lipinski definition) is 0. The normalized spacial score (nSPS) is 20.6. The summed E-state index contributed by atoms with van der Waals surface area (Å²) in [4.78, 5) is 16.7. The van der Waals surface area contributed by atoms with E-state index in [1.807, 2.05) is 34.9 Å². The van der Waals surface area contributed by atoms with Crippen LogP contribution in [-0.2, 0) is 21.2 Å². The zero-order valence-corrected chi connectivity index (χ0v) is 17.1.